The summed E-state index contributed by atoms with van der Waals surface area (Å²) in [5, 5.41) is 0. The van der Waals surface area contributed by atoms with Crippen molar-refractivity contribution >= 4 is 0 Å². The SMILES string of the molecule is CCCCC(C)CCc1ccc(CC)cc1. The summed E-state index contributed by atoms with van der Waals surface area (Å²) in [6.07, 6.45) is 7.84. The Hall–Kier alpha value is -0.780. The van der Waals surface area contributed by atoms with Crippen molar-refractivity contribution in [2.24, 2.45) is 5.92 Å². The van der Waals surface area contributed by atoms with E-state index in [-0.39, 0.29) is 0 Å². The first-order valence-corrected chi connectivity index (χ1v) is 6.84. The molecule has 0 radical (unpaired) electrons. The first kappa shape index (κ1) is 13.3. The van der Waals surface area contributed by atoms with Crippen LogP contribution in [0.15, 0.2) is 24.3 Å². The van der Waals surface area contributed by atoms with Gasteiger partial charge in [-0.3, -0.25) is 0 Å². The lowest BCUT2D eigenvalue weighted by Gasteiger charge is -2.10. The molecule has 0 saturated heterocycles. The molecule has 1 unspecified atom stereocenters. The van der Waals surface area contributed by atoms with Gasteiger partial charge in [-0.15, -0.1) is 0 Å². The summed E-state index contributed by atoms with van der Waals surface area (Å²) in [5.74, 6) is 0.880. The Bertz CT molecular complexity index is 271. The van der Waals surface area contributed by atoms with E-state index in [9.17, 15) is 0 Å². The van der Waals surface area contributed by atoms with Gasteiger partial charge in [-0.1, -0.05) is 64.3 Å². The lowest BCUT2D eigenvalue weighted by atomic mass is 9.96. The van der Waals surface area contributed by atoms with E-state index in [2.05, 4.69) is 45.0 Å². The molecular weight excluding hydrogens is 192 g/mol. The molecule has 0 fully saturated rings. The number of unbranched alkanes of at least 4 members (excludes halogenated alkanes) is 1. The molecule has 0 aliphatic rings. The Morgan fingerprint density at radius 3 is 2.12 bits per heavy atom. The van der Waals surface area contributed by atoms with E-state index in [4.69, 9.17) is 0 Å². The van der Waals surface area contributed by atoms with Crippen LogP contribution in [-0.2, 0) is 12.8 Å². The van der Waals surface area contributed by atoms with Gasteiger partial charge in [-0.25, -0.2) is 0 Å². The van der Waals surface area contributed by atoms with Gasteiger partial charge in [0.1, 0.15) is 0 Å². The van der Waals surface area contributed by atoms with Crippen LogP contribution in [0.2, 0.25) is 0 Å². The Morgan fingerprint density at radius 1 is 0.938 bits per heavy atom. The minimum absolute atomic E-state index is 0.880. The van der Waals surface area contributed by atoms with E-state index >= 15 is 0 Å². The van der Waals surface area contributed by atoms with Crippen molar-refractivity contribution in [3.8, 4) is 0 Å². The Balaban J connectivity index is 2.30. The van der Waals surface area contributed by atoms with Crippen LogP contribution >= 0.6 is 0 Å². The zero-order valence-corrected chi connectivity index (χ0v) is 11.1. The molecular formula is C16H26. The Kier molecular flexibility index (Phi) is 6.22. The van der Waals surface area contributed by atoms with E-state index < -0.39 is 0 Å². The molecule has 0 nitrogen and oxygen atoms in total. The van der Waals surface area contributed by atoms with E-state index in [0.29, 0.717) is 0 Å². The molecule has 0 heterocycles. The molecule has 1 aromatic rings. The predicted molar refractivity (Wildman–Crippen MR) is 72.8 cm³/mol. The third-order valence-electron chi connectivity index (χ3n) is 3.41. The number of benzene rings is 1. The Labute approximate surface area is 101 Å². The molecule has 0 N–H and O–H groups in total. The van der Waals surface area contributed by atoms with Crippen LogP contribution in [0.4, 0.5) is 0 Å². The molecule has 0 heteroatoms. The first-order valence-electron chi connectivity index (χ1n) is 6.84. The molecule has 0 aliphatic heterocycles. The lowest BCUT2D eigenvalue weighted by molar-refractivity contribution is 0.472. The summed E-state index contributed by atoms with van der Waals surface area (Å²) in [6.45, 7) is 6.87. The first-order chi connectivity index (χ1) is 7.76. The highest BCUT2D eigenvalue weighted by Gasteiger charge is 2.02. The fraction of sp³-hybridized carbons (Fsp3) is 0.625. The van der Waals surface area contributed by atoms with Crippen LogP contribution in [0, 0.1) is 5.92 Å². The van der Waals surface area contributed by atoms with Gasteiger partial charge in [-0.05, 0) is 36.3 Å². The van der Waals surface area contributed by atoms with Gasteiger partial charge in [0.25, 0.3) is 0 Å². The average molecular weight is 218 g/mol. The van der Waals surface area contributed by atoms with Crippen LogP contribution in [-0.4, -0.2) is 0 Å². The summed E-state index contributed by atoms with van der Waals surface area (Å²) in [4.78, 5) is 0. The standard InChI is InChI=1S/C16H26/c1-4-6-7-14(3)8-9-16-12-10-15(5-2)11-13-16/h10-14H,4-9H2,1-3H3. The maximum Gasteiger partial charge on any atom is -0.0276 e. The van der Waals surface area contributed by atoms with Crippen LogP contribution in [0.25, 0.3) is 0 Å². The van der Waals surface area contributed by atoms with Crippen LogP contribution in [0.1, 0.15) is 57.6 Å². The largest absolute Gasteiger partial charge is 0.0654 e. The van der Waals surface area contributed by atoms with Crippen LogP contribution in [0.5, 0.6) is 0 Å². The topological polar surface area (TPSA) is 0 Å². The number of hydrogen-bond acceptors (Lipinski definition) is 0. The quantitative estimate of drug-likeness (QED) is 0.603. The molecule has 0 aliphatic carbocycles. The summed E-state index contributed by atoms with van der Waals surface area (Å²) in [7, 11) is 0. The fourth-order valence-corrected chi connectivity index (χ4v) is 2.05. The van der Waals surface area contributed by atoms with E-state index in [1.807, 2.05) is 0 Å². The highest BCUT2D eigenvalue weighted by Crippen LogP contribution is 2.16. The summed E-state index contributed by atoms with van der Waals surface area (Å²) in [6, 6.07) is 9.13. The van der Waals surface area contributed by atoms with Crippen molar-refractivity contribution < 1.29 is 0 Å². The van der Waals surface area contributed by atoms with Crippen LogP contribution < -0.4 is 0 Å². The molecule has 90 valence electrons. The normalized spacial score (nSPS) is 12.7. The van der Waals surface area contributed by atoms with Gasteiger partial charge in [-0.2, -0.15) is 0 Å². The third-order valence-corrected chi connectivity index (χ3v) is 3.41. The highest BCUT2D eigenvalue weighted by molar-refractivity contribution is 5.22. The van der Waals surface area contributed by atoms with Crippen molar-refractivity contribution in [1.29, 1.82) is 0 Å². The van der Waals surface area contributed by atoms with Crippen molar-refractivity contribution in [2.45, 2.75) is 59.3 Å². The number of aryl methyl sites for hydroxylation is 2. The molecule has 16 heavy (non-hydrogen) atoms. The van der Waals surface area contributed by atoms with Gasteiger partial charge >= 0.3 is 0 Å². The summed E-state index contributed by atoms with van der Waals surface area (Å²) in [5.41, 5.74) is 2.95. The second-order valence-electron chi connectivity index (χ2n) is 4.96. The van der Waals surface area contributed by atoms with E-state index in [1.54, 1.807) is 0 Å². The van der Waals surface area contributed by atoms with Crippen molar-refractivity contribution in [3.05, 3.63) is 35.4 Å². The van der Waals surface area contributed by atoms with Crippen LogP contribution in [0.3, 0.4) is 0 Å². The van der Waals surface area contributed by atoms with Crippen molar-refractivity contribution in [3.63, 3.8) is 0 Å². The molecule has 0 saturated carbocycles. The maximum atomic E-state index is 2.38. The highest BCUT2D eigenvalue weighted by atomic mass is 14.1. The summed E-state index contributed by atoms with van der Waals surface area (Å²) >= 11 is 0. The monoisotopic (exact) mass is 218 g/mol. The van der Waals surface area contributed by atoms with Gasteiger partial charge in [0.05, 0.1) is 0 Å². The van der Waals surface area contributed by atoms with Gasteiger partial charge in [0.2, 0.25) is 0 Å². The number of hydrogen-bond donors (Lipinski definition) is 0. The zero-order valence-electron chi connectivity index (χ0n) is 11.1. The molecule has 0 aromatic heterocycles. The minimum atomic E-state index is 0.880. The molecule has 0 amide bonds. The molecule has 1 rings (SSSR count). The summed E-state index contributed by atoms with van der Waals surface area (Å²) < 4.78 is 0. The maximum absolute atomic E-state index is 2.38. The molecule has 0 spiro atoms. The molecule has 1 atom stereocenters. The Morgan fingerprint density at radius 2 is 1.56 bits per heavy atom. The van der Waals surface area contributed by atoms with Gasteiger partial charge in [0.15, 0.2) is 0 Å². The predicted octanol–water partition coefficient (Wildman–Crippen LogP) is 5.01. The zero-order chi connectivity index (χ0) is 11.8. The van der Waals surface area contributed by atoms with Gasteiger partial charge < -0.3 is 0 Å². The minimum Gasteiger partial charge on any atom is -0.0654 e. The lowest BCUT2D eigenvalue weighted by Crippen LogP contribution is -1.97. The average Bonchev–Trinajstić information content (AvgIpc) is 2.34. The third kappa shape index (κ3) is 4.83. The molecule has 1 aromatic carbocycles. The number of rotatable bonds is 7. The fourth-order valence-electron chi connectivity index (χ4n) is 2.05. The van der Waals surface area contributed by atoms with E-state index in [0.717, 1.165) is 12.3 Å². The van der Waals surface area contributed by atoms with Crippen molar-refractivity contribution in [1.82, 2.24) is 0 Å². The molecule has 0 bridgehead atoms. The smallest absolute Gasteiger partial charge is 0.0276 e. The second-order valence-corrected chi connectivity index (χ2v) is 4.96. The van der Waals surface area contributed by atoms with Gasteiger partial charge in [0, 0.05) is 0 Å². The second kappa shape index (κ2) is 7.49. The van der Waals surface area contributed by atoms with E-state index in [1.165, 1.54) is 43.2 Å². The van der Waals surface area contributed by atoms with Crippen molar-refractivity contribution in [2.75, 3.05) is 0 Å².